The molecule has 1 aliphatic heterocycles. The van der Waals surface area contributed by atoms with Crippen molar-refractivity contribution >= 4 is 11.9 Å². The van der Waals surface area contributed by atoms with E-state index in [9.17, 15) is 9.59 Å². The molecule has 1 aliphatic carbocycles. The SMILES string of the molecule is Cc1ccccc1C(=O)OCC(=O)NCC1(N2CCOCC2)CCCCC1. The minimum Gasteiger partial charge on any atom is -0.452 e. The molecule has 0 bridgehead atoms. The molecule has 27 heavy (non-hydrogen) atoms. The van der Waals surface area contributed by atoms with Crippen LogP contribution in [0.4, 0.5) is 0 Å². The molecule has 0 atom stereocenters. The Labute approximate surface area is 161 Å². The molecule has 148 valence electrons. The molecule has 1 saturated carbocycles. The lowest BCUT2D eigenvalue weighted by Crippen LogP contribution is -2.59. The number of amides is 1. The Morgan fingerprint density at radius 3 is 2.56 bits per heavy atom. The lowest BCUT2D eigenvalue weighted by Gasteiger charge is -2.48. The summed E-state index contributed by atoms with van der Waals surface area (Å²) in [4.78, 5) is 26.9. The molecule has 2 fully saturated rings. The van der Waals surface area contributed by atoms with Crippen LogP contribution in [0.3, 0.4) is 0 Å². The number of morpholine rings is 1. The molecule has 1 N–H and O–H groups in total. The van der Waals surface area contributed by atoms with Crippen LogP contribution >= 0.6 is 0 Å². The molecule has 1 aromatic rings. The van der Waals surface area contributed by atoms with E-state index in [1.807, 2.05) is 19.1 Å². The predicted molar refractivity (Wildman–Crippen MR) is 103 cm³/mol. The molecule has 1 aromatic carbocycles. The third kappa shape index (κ3) is 5.08. The molecule has 0 aromatic heterocycles. The van der Waals surface area contributed by atoms with Crippen LogP contribution < -0.4 is 5.32 Å². The Hall–Kier alpha value is -1.92. The Bertz CT molecular complexity index is 649. The van der Waals surface area contributed by atoms with Crippen molar-refractivity contribution in [1.29, 1.82) is 0 Å². The van der Waals surface area contributed by atoms with Crippen molar-refractivity contribution in [2.75, 3.05) is 39.5 Å². The standard InChI is InChI=1S/C21H30N2O4/c1-17-7-3-4-8-18(17)20(25)27-15-19(24)22-16-21(9-5-2-6-10-21)23-11-13-26-14-12-23/h3-4,7-8H,2,5-6,9-16H2,1H3,(H,22,24). The highest BCUT2D eigenvalue weighted by molar-refractivity contribution is 5.92. The molecule has 1 amide bonds. The zero-order valence-electron chi connectivity index (χ0n) is 16.2. The molecular formula is C21H30N2O4. The molecule has 3 rings (SSSR count). The second kappa shape index (κ2) is 9.33. The average Bonchev–Trinajstić information content (AvgIpc) is 2.72. The fourth-order valence-corrected chi connectivity index (χ4v) is 4.18. The second-order valence-corrected chi connectivity index (χ2v) is 7.55. The minimum absolute atomic E-state index is 0.0116. The van der Waals surface area contributed by atoms with Crippen molar-refractivity contribution in [2.24, 2.45) is 0 Å². The summed E-state index contributed by atoms with van der Waals surface area (Å²) in [6.45, 7) is 5.55. The summed E-state index contributed by atoms with van der Waals surface area (Å²) in [5.74, 6) is -0.695. The first-order valence-electron chi connectivity index (χ1n) is 9.93. The first kappa shape index (κ1) is 19.8. The van der Waals surface area contributed by atoms with E-state index in [0.29, 0.717) is 12.1 Å². The number of esters is 1. The minimum atomic E-state index is -0.455. The summed E-state index contributed by atoms with van der Waals surface area (Å²) in [7, 11) is 0. The fourth-order valence-electron chi connectivity index (χ4n) is 4.18. The summed E-state index contributed by atoms with van der Waals surface area (Å²) in [6.07, 6.45) is 5.83. The van der Waals surface area contributed by atoms with Gasteiger partial charge >= 0.3 is 5.97 Å². The number of benzene rings is 1. The summed E-state index contributed by atoms with van der Waals surface area (Å²) < 4.78 is 10.7. The van der Waals surface area contributed by atoms with Crippen molar-refractivity contribution in [2.45, 2.75) is 44.6 Å². The van der Waals surface area contributed by atoms with Crippen LogP contribution in [-0.2, 0) is 14.3 Å². The van der Waals surface area contributed by atoms with Crippen LogP contribution in [0, 0.1) is 6.92 Å². The van der Waals surface area contributed by atoms with Crippen molar-refractivity contribution in [3.05, 3.63) is 35.4 Å². The Morgan fingerprint density at radius 2 is 1.85 bits per heavy atom. The number of nitrogens with one attached hydrogen (secondary N) is 1. The zero-order valence-corrected chi connectivity index (χ0v) is 16.2. The maximum atomic E-state index is 12.3. The lowest BCUT2D eigenvalue weighted by molar-refractivity contribution is -0.125. The van der Waals surface area contributed by atoms with Crippen molar-refractivity contribution in [3.63, 3.8) is 0 Å². The van der Waals surface area contributed by atoms with E-state index >= 15 is 0 Å². The molecule has 0 spiro atoms. The highest BCUT2D eigenvalue weighted by atomic mass is 16.5. The Kier molecular flexibility index (Phi) is 6.85. The van der Waals surface area contributed by atoms with E-state index in [4.69, 9.17) is 9.47 Å². The Morgan fingerprint density at radius 1 is 1.15 bits per heavy atom. The third-order valence-corrected chi connectivity index (χ3v) is 5.78. The maximum Gasteiger partial charge on any atom is 0.338 e. The number of carbonyl (C=O) groups is 2. The fraction of sp³-hybridized carbons (Fsp3) is 0.619. The van der Waals surface area contributed by atoms with Gasteiger partial charge in [0.2, 0.25) is 0 Å². The summed E-state index contributed by atoms with van der Waals surface area (Å²) in [5, 5.41) is 3.01. The van der Waals surface area contributed by atoms with E-state index in [1.54, 1.807) is 12.1 Å². The molecule has 6 heteroatoms. The molecule has 1 saturated heterocycles. The van der Waals surface area contributed by atoms with Crippen LogP contribution in [0.5, 0.6) is 0 Å². The summed E-state index contributed by atoms with van der Waals surface area (Å²) in [6, 6.07) is 7.23. The van der Waals surface area contributed by atoms with E-state index in [2.05, 4.69) is 10.2 Å². The van der Waals surface area contributed by atoms with Gasteiger partial charge in [-0.1, -0.05) is 37.5 Å². The van der Waals surface area contributed by atoms with Gasteiger partial charge in [-0.05, 0) is 31.4 Å². The second-order valence-electron chi connectivity index (χ2n) is 7.55. The van der Waals surface area contributed by atoms with Gasteiger partial charge in [-0.15, -0.1) is 0 Å². The number of aryl methyl sites for hydroxylation is 1. The molecule has 2 aliphatic rings. The number of carbonyl (C=O) groups excluding carboxylic acids is 2. The van der Waals surface area contributed by atoms with Crippen LogP contribution in [0.25, 0.3) is 0 Å². The van der Waals surface area contributed by atoms with Gasteiger partial charge in [0.25, 0.3) is 5.91 Å². The number of hydrogen-bond donors (Lipinski definition) is 1. The monoisotopic (exact) mass is 374 g/mol. The summed E-state index contributed by atoms with van der Waals surface area (Å²) in [5.41, 5.74) is 1.36. The number of hydrogen-bond acceptors (Lipinski definition) is 5. The van der Waals surface area contributed by atoms with Crippen LogP contribution in [0.1, 0.15) is 48.0 Å². The smallest absolute Gasteiger partial charge is 0.338 e. The number of nitrogens with zero attached hydrogens (tertiary/aromatic N) is 1. The molecule has 1 heterocycles. The highest BCUT2D eigenvalue weighted by Crippen LogP contribution is 2.33. The van der Waals surface area contributed by atoms with Crippen LogP contribution in [0.15, 0.2) is 24.3 Å². The topological polar surface area (TPSA) is 67.9 Å². The van der Waals surface area contributed by atoms with Gasteiger partial charge < -0.3 is 14.8 Å². The number of ether oxygens (including phenoxy) is 2. The molecular weight excluding hydrogens is 344 g/mol. The lowest BCUT2D eigenvalue weighted by atomic mass is 9.79. The van der Waals surface area contributed by atoms with Crippen molar-refractivity contribution in [1.82, 2.24) is 10.2 Å². The van der Waals surface area contributed by atoms with E-state index in [1.165, 1.54) is 19.3 Å². The van der Waals surface area contributed by atoms with E-state index in [0.717, 1.165) is 44.7 Å². The van der Waals surface area contributed by atoms with Crippen molar-refractivity contribution < 1.29 is 19.1 Å². The van der Waals surface area contributed by atoms with Gasteiger partial charge in [-0.3, -0.25) is 9.69 Å². The molecule has 0 unspecified atom stereocenters. The van der Waals surface area contributed by atoms with Gasteiger partial charge in [-0.2, -0.15) is 0 Å². The van der Waals surface area contributed by atoms with Crippen LogP contribution in [0.2, 0.25) is 0 Å². The normalized spacial score (nSPS) is 20.0. The van der Waals surface area contributed by atoms with Gasteiger partial charge in [0.1, 0.15) is 0 Å². The molecule has 0 radical (unpaired) electrons. The van der Waals surface area contributed by atoms with Crippen molar-refractivity contribution in [3.8, 4) is 0 Å². The average molecular weight is 374 g/mol. The quantitative estimate of drug-likeness (QED) is 0.774. The number of rotatable bonds is 6. The Balaban J connectivity index is 1.52. The van der Waals surface area contributed by atoms with Gasteiger partial charge in [-0.25, -0.2) is 4.79 Å². The first-order chi connectivity index (χ1) is 13.1. The predicted octanol–water partition coefficient (Wildman–Crippen LogP) is 2.30. The summed E-state index contributed by atoms with van der Waals surface area (Å²) >= 11 is 0. The maximum absolute atomic E-state index is 12.3. The largest absolute Gasteiger partial charge is 0.452 e. The van der Waals surface area contributed by atoms with Gasteiger partial charge in [0.05, 0.1) is 18.8 Å². The van der Waals surface area contributed by atoms with E-state index < -0.39 is 5.97 Å². The third-order valence-electron chi connectivity index (χ3n) is 5.78. The zero-order chi connectivity index (χ0) is 19.1. The van der Waals surface area contributed by atoms with Gasteiger partial charge in [0, 0.05) is 25.2 Å². The highest BCUT2D eigenvalue weighted by Gasteiger charge is 2.38. The van der Waals surface area contributed by atoms with Crippen LogP contribution in [-0.4, -0.2) is 61.8 Å². The first-order valence-corrected chi connectivity index (χ1v) is 9.93. The van der Waals surface area contributed by atoms with E-state index in [-0.39, 0.29) is 18.1 Å². The van der Waals surface area contributed by atoms with Gasteiger partial charge in [0.15, 0.2) is 6.61 Å². The molecule has 6 nitrogen and oxygen atoms in total.